The van der Waals surface area contributed by atoms with Crippen LogP contribution in [0.15, 0.2) is 72.1 Å². The fourth-order valence-electron chi connectivity index (χ4n) is 3.31. The summed E-state index contributed by atoms with van der Waals surface area (Å²) in [6.45, 7) is 2.94. The maximum Gasteiger partial charge on any atom is 0.387 e. The van der Waals surface area contributed by atoms with E-state index >= 15 is 0 Å². The first-order valence-corrected chi connectivity index (χ1v) is 11.7. The van der Waals surface area contributed by atoms with Crippen LogP contribution in [0.2, 0.25) is 0 Å². The first kappa shape index (κ1) is 24.3. The van der Waals surface area contributed by atoms with Gasteiger partial charge >= 0.3 is 6.61 Å². The quantitative estimate of drug-likeness (QED) is 0.317. The number of anilines is 1. The van der Waals surface area contributed by atoms with Gasteiger partial charge in [-0.25, -0.2) is 0 Å². The molecular formula is C25H23F2N5O2S. The molecule has 4 rings (SSSR count). The van der Waals surface area contributed by atoms with Crippen molar-refractivity contribution in [1.29, 1.82) is 0 Å². The number of halogens is 2. The second kappa shape index (κ2) is 10.6. The number of benzene rings is 2. The second-order valence-electron chi connectivity index (χ2n) is 7.80. The molecule has 0 aliphatic heterocycles. The van der Waals surface area contributed by atoms with Gasteiger partial charge in [-0.15, -0.1) is 10.2 Å². The fourth-order valence-corrected chi connectivity index (χ4v) is 4.17. The van der Waals surface area contributed by atoms with Crippen molar-refractivity contribution in [3.63, 3.8) is 0 Å². The summed E-state index contributed by atoms with van der Waals surface area (Å²) in [6.07, 6.45) is 3.38. The summed E-state index contributed by atoms with van der Waals surface area (Å²) in [7, 11) is 0. The van der Waals surface area contributed by atoms with Gasteiger partial charge in [0, 0.05) is 23.6 Å². The van der Waals surface area contributed by atoms with Crippen LogP contribution >= 0.6 is 11.8 Å². The molecule has 35 heavy (non-hydrogen) atoms. The molecule has 1 unspecified atom stereocenters. The third kappa shape index (κ3) is 5.83. The minimum atomic E-state index is -2.90. The molecule has 0 saturated carbocycles. The summed E-state index contributed by atoms with van der Waals surface area (Å²) in [6, 6.07) is 15.6. The topological polar surface area (TPSA) is 81.9 Å². The van der Waals surface area contributed by atoms with E-state index in [2.05, 4.69) is 31.3 Å². The molecule has 10 heteroatoms. The summed E-state index contributed by atoms with van der Waals surface area (Å²) in [4.78, 5) is 16.9. The number of carbonyl (C=O) groups is 1. The molecule has 4 aromatic rings. The number of aryl methyl sites for hydroxylation is 2. The van der Waals surface area contributed by atoms with Crippen LogP contribution in [0, 0.1) is 13.8 Å². The van der Waals surface area contributed by atoms with Crippen molar-refractivity contribution < 1.29 is 18.3 Å². The Bertz CT molecular complexity index is 1310. The molecular weight excluding hydrogens is 472 g/mol. The second-order valence-corrected chi connectivity index (χ2v) is 9.11. The number of nitrogens with zero attached hydrogens (tertiary/aromatic N) is 4. The molecule has 2 heterocycles. The first-order valence-electron chi connectivity index (χ1n) is 10.8. The third-order valence-corrected chi connectivity index (χ3v) is 6.36. The summed E-state index contributed by atoms with van der Waals surface area (Å²) in [5.41, 5.74) is 4.49. The number of ether oxygens (including phenoxy) is 1. The predicted octanol–water partition coefficient (Wildman–Crippen LogP) is 5.67. The molecule has 0 aliphatic rings. The molecule has 0 aliphatic carbocycles. The van der Waals surface area contributed by atoms with E-state index in [4.69, 9.17) is 0 Å². The van der Waals surface area contributed by atoms with Crippen LogP contribution in [0.4, 0.5) is 14.5 Å². The average Bonchev–Trinajstić information content (AvgIpc) is 3.25. The number of hydrogen-bond donors (Lipinski definition) is 1. The van der Waals surface area contributed by atoms with Crippen LogP contribution in [0.3, 0.4) is 0 Å². The Labute approximate surface area is 205 Å². The number of thioether (sulfide) groups is 1. The molecule has 0 fully saturated rings. The number of hydrogen-bond acceptors (Lipinski definition) is 6. The van der Waals surface area contributed by atoms with Gasteiger partial charge in [0.25, 0.3) is 0 Å². The lowest BCUT2D eigenvalue weighted by atomic mass is 10.1. The molecule has 2 aromatic heterocycles. The van der Waals surface area contributed by atoms with Crippen molar-refractivity contribution >= 4 is 23.4 Å². The molecule has 180 valence electrons. The molecule has 1 amide bonds. The van der Waals surface area contributed by atoms with Crippen molar-refractivity contribution in [1.82, 2.24) is 19.7 Å². The lowest BCUT2D eigenvalue weighted by Crippen LogP contribution is -2.22. The van der Waals surface area contributed by atoms with Crippen LogP contribution in [0.1, 0.15) is 18.1 Å². The number of rotatable bonds is 8. The van der Waals surface area contributed by atoms with Gasteiger partial charge in [0.15, 0.2) is 11.0 Å². The number of nitrogens with one attached hydrogen (secondary N) is 1. The van der Waals surface area contributed by atoms with Crippen molar-refractivity contribution in [2.75, 3.05) is 5.32 Å². The van der Waals surface area contributed by atoms with Crippen LogP contribution in [0.25, 0.3) is 17.1 Å². The van der Waals surface area contributed by atoms with Crippen molar-refractivity contribution in [2.24, 2.45) is 0 Å². The average molecular weight is 496 g/mol. The van der Waals surface area contributed by atoms with Gasteiger partial charge in [-0.2, -0.15) is 8.78 Å². The van der Waals surface area contributed by atoms with E-state index in [1.807, 2.05) is 42.7 Å². The Morgan fingerprint density at radius 2 is 1.71 bits per heavy atom. The van der Waals surface area contributed by atoms with Gasteiger partial charge in [0.2, 0.25) is 5.91 Å². The SMILES string of the molecule is Cc1ccc(-n2c(SC(C)C(=O)Nc3ccc(OC(F)F)cc3)nnc2-c2ccncc2)cc1C. The van der Waals surface area contributed by atoms with Crippen LogP contribution in [0.5, 0.6) is 5.75 Å². The standard InChI is InChI=1S/C25H23F2N5O2S/c1-15-4-7-20(14-16(15)2)32-22(18-10-12-28-13-11-18)30-31-25(32)35-17(3)23(33)29-19-5-8-21(9-6-19)34-24(26)27/h4-14,17,24H,1-3H3,(H,29,33). The Kier molecular flexibility index (Phi) is 7.40. The van der Waals surface area contributed by atoms with Gasteiger partial charge in [-0.05, 0) is 80.4 Å². The van der Waals surface area contributed by atoms with Gasteiger partial charge in [-0.1, -0.05) is 17.8 Å². The molecule has 0 radical (unpaired) electrons. The fraction of sp³-hybridized carbons (Fsp3) is 0.200. The zero-order valence-electron chi connectivity index (χ0n) is 19.3. The Balaban J connectivity index is 1.58. The predicted molar refractivity (Wildman–Crippen MR) is 131 cm³/mol. The van der Waals surface area contributed by atoms with Crippen LogP contribution < -0.4 is 10.1 Å². The summed E-state index contributed by atoms with van der Waals surface area (Å²) >= 11 is 1.27. The monoisotopic (exact) mass is 495 g/mol. The van der Waals surface area contributed by atoms with Gasteiger partial charge in [0.1, 0.15) is 5.75 Å². The van der Waals surface area contributed by atoms with E-state index in [1.165, 1.54) is 41.6 Å². The highest BCUT2D eigenvalue weighted by Gasteiger charge is 2.22. The molecule has 0 bridgehead atoms. The highest BCUT2D eigenvalue weighted by molar-refractivity contribution is 8.00. The zero-order valence-corrected chi connectivity index (χ0v) is 20.1. The van der Waals surface area contributed by atoms with E-state index in [0.717, 1.165) is 16.8 Å². The van der Waals surface area contributed by atoms with E-state index in [0.29, 0.717) is 16.7 Å². The molecule has 7 nitrogen and oxygen atoms in total. The van der Waals surface area contributed by atoms with Crippen LogP contribution in [-0.2, 0) is 4.79 Å². The molecule has 0 saturated heterocycles. The van der Waals surface area contributed by atoms with E-state index in [-0.39, 0.29) is 11.7 Å². The maximum atomic E-state index is 12.9. The number of alkyl halides is 2. The number of pyridine rings is 1. The Morgan fingerprint density at radius 3 is 2.37 bits per heavy atom. The lowest BCUT2D eigenvalue weighted by molar-refractivity contribution is -0.115. The first-order chi connectivity index (χ1) is 16.8. The highest BCUT2D eigenvalue weighted by Crippen LogP contribution is 2.31. The van der Waals surface area contributed by atoms with Crippen LogP contribution in [-0.4, -0.2) is 37.5 Å². The molecule has 1 N–H and O–H groups in total. The van der Waals surface area contributed by atoms with Crippen molar-refractivity contribution in [3.8, 4) is 22.8 Å². The number of carbonyl (C=O) groups excluding carboxylic acids is 1. The maximum absolute atomic E-state index is 12.9. The molecule has 1 atom stereocenters. The summed E-state index contributed by atoms with van der Waals surface area (Å²) in [5, 5.41) is 11.6. The summed E-state index contributed by atoms with van der Waals surface area (Å²) in [5.74, 6) is 0.392. The lowest BCUT2D eigenvalue weighted by Gasteiger charge is -2.15. The molecule has 2 aromatic carbocycles. The summed E-state index contributed by atoms with van der Waals surface area (Å²) < 4.78 is 30.9. The van der Waals surface area contributed by atoms with E-state index in [1.54, 1.807) is 19.3 Å². The minimum Gasteiger partial charge on any atom is -0.435 e. The Morgan fingerprint density at radius 1 is 1.00 bits per heavy atom. The van der Waals surface area contributed by atoms with E-state index in [9.17, 15) is 13.6 Å². The Hall–Kier alpha value is -3.79. The van der Waals surface area contributed by atoms with E-state index < -0.39 is 11.9 Å². The highest BCUT2D eigenvalue weighted by atomic mass is 32.2. The zero-order chi connectivity index (χ0) is 24.9. The van der Waals surface area contributed by atoms with Gasteiger partial charge < -0.3 is 10.1 Å². The minimum absolute atomic E-state index is 0.0190. The number of amides is 1. The third-order valence-electron chi connectivity index (χ3n) is 5.32. The largest absolute Gasteiger partial charge is 0.435 e. The molecule has 0 spiro atoms. The normalized spacial score (nSPS) is 11.9. The smallest absolute Gasteiger partial charge is 0.387 e. The van der Waals surface area contributed by atoms with Crippen molar-refractivity contribution in [3.05, 3.63) is 78.1 Å². The van der Waals surface area contributed by atoms with Gasteiger partial charge in [-0.3, -0.25) is 14.3 Å². The van der Waals surface area contributed by atoms with Crippen molar-refractivity contribution in [2.45, 2.75) is 37.8 Å². The van der Waals surface area contributed by atoms with Gasteiger partial charge in [0.05, 0.1) is 10.9 Å². The number of aromatic nitrogens is 4.